The van der Waals surface area contributed by atoms with Crippen molar-refractivity contribution >= 4 is 57.8 Å². The zero-order chi connectivity index (χ0) is 22.2. The molecule has 0 amide bonds. The molecule has 1 fully saturated rings. The number of halogens is 3. The fourth-order valence-corrected chi connectivity index (χ4v) is 4.84. The van der Waals surface area contributed by atoms with E-state index in [-0.39, 0.29) is 12.1 Å². The number of pyridine rings is 1. The molecular weight excluding hydrogens is 485 g/mol. The van der Waals surface area contributed by atoms with Crippen molar-refractivity contribution in [3.63, 3.8) is 0 Å². The molecule has 32 heavy (non-hydrogen) atoms. The van der Waals surface area contributed by atoms with Gasteiger partial charge in [0, 0.05) is 27.5 Å². The fourth-order valence-electron chi connectivity index (χ4n) is 3.87. The standard InChI is InChI=1S/C24H16Cl3N3OS/c25-14-4-7-16(8-5-14)30-23(22(29-24(30)32)19-3-1-2-12-28-19)21-11-10-20(31-21)17-9-6-15(26)13-18(17)27/h1-13,22-23H,(H,29,32)/t22-,23-/m0/s1. The van der Waals surface area contributed by atoms with Crippen molar-refractivity contribution in [1.29, 1.82) is 0 Å². The topological polar surface area (TPSA) is 41.3 Å². The van der Waals surface area contributed by atoms with Crippen molar-refractivity contribution in [3.05, 3.63) is 106 Å². The van der Waals surface area contributed by atoms with Crippen molar-refractivity contribution in [2.24, 2.45) is 0 Å². The average Bonchev–Trinajstić information content (AvgIpc) is 3.39. The van der Waals surface area contributed by atoms with Gasteiger partial charge in [0.25, 0.3) is 0 Å². The van der Waals surface area contributed by atoms with E-state index in [0.717, 1.165) is 22.7 Å². The Balaban J connectivity index is 1.60. The van der Waals surface area contributed by atoms with Crippen LogP contribution in [0.1, 0.15) is 23.5 Å². The van der Waals surface area contributed by atoms with Gasteiger partial charge in [-0.15, -0.1) is 0 Å². The smallest absolute Gasteiger partial charge is 0.174 e. The van der Waals surface area contributed by atoms with Gasteiger partial charge in [-0.1, -0.05) is 40.9 Å². The van der Waals surface area contributed by atoms with Crippen molar-refractivity contribution in [1.82, 2.24) is 10.3 Å². The highest BCUT2D eigenvalue weighted by Crippen LogP contribution is 2.43. The lowest BCUT2D eigenvalue weighted by Gasteiger charge is -2.26. The van der Waals surface area contributed by atoms with E-state index >= 15 is 0 Å². The quantitative estimate of drug-likeness (QED) is 0.294. The molecule has 0 saturated carbocycles. The van der Waals surface area contributed by atoms with Gasteiger partial charge >= 0.3 is 0 Å². The van der Waals surface area contributed by atoms with Crippen LogP contribution in [0, 0.1) is 0 Å². The second kappa shape index (κ2) is 8.75. The molecule has 1 aliphatic rings. The molecule has 4 nitrogen and oxygen atoms in total. The Morgan fingerprint density at radius 2 is 1.69 bits per heavy atom. The third kappa shape index (κ3) is 3.97. The summed E-state index contributed by atoms with van der Waals surface area (Å²) in [4.78, 5) is 6.58. The Kier molecular flexibility index (Phi) is 5.82. The van der Waals surface area contributed by atoms with Gasteiger partial charge in [-0.3, -0.25) is 4.98 Å². The van der Waals surface area contributed by atoms with Crippen LogP contribution in [0.2, 0.25) is 15.1 Å². The molecule has 1 aliphatic heterocycles. The van der Waals surface area contributed by atoms with Crippen LogP contribution < -0.4 is 10.2 Å². The van der Waals surface area contributed by atoms with E-state index in [2.05, 4.69) is 10.3 Å². The van der Waals surface area contributed by atoms with Crippen molar-refractivity contribution < 1.29 is 4.42 Å². The van der Waals surface area contributed by atoms with E-state index in [4.69, 9.17) is 51.4 Å². The van der Waals surface area contributed by atoms with Gasteiger partial charge in [0.05, 0.1) is 16.8 Å². The summed E-state index contributed by atoms with van der Waals surface area (Å²) in [5, 5.41) is 5.73. The van der Waals surface area contributed by atoms with E-state index in [1.165, 1.54) is 0 Å². The number of hydrogen-bond acceptors (Lipinski definition) is 3. The normalized spacial score (nSPS) is 18.1. The van der Waals surface area contributed by atoms with Crippen molar-refractivity contribution in [2.45, 2.75) is 12.1 Å². The SMILES string of the molecule is S=C1N[C@@H](c2ccccn2)[C@H](c2ccc(-c3ccc(Cl)cc3Cl)o2)N1c1ccc(Cl)cc1. The maximum atomic E-state index is 6.41. The molecule has 160 valence electrons. The van der Waals surface area contributed by atoms with Gasteiger partial charge in [-0.25, -0.2) is 0 Å². The third-order valence-electron chi connectivity index (χ3n) is 5.32. The maximum absolute atomic E-state index is 6.41. The molecule has 3 heterocycles. The van der Waals surface area contributed by atoms with Gasteiger partial charge < -0.3 is 14.6 Å². The third-order valence-corrected chi connectivity index (χ3v) is 6.43. The molecule has 0 spiro atoms. The number of thiocarbonyl (C=S) groups is 1. The van der Waals surface area contributed by atoms with Gasteiger partial charge in [0.15, 0.2) is 5.11 Å². The first-order valence-electron chi connectivity index (χ1n) is 9.82. The van der Waals surface area contributed by atoms with Crippen LogP contribution in [0.25, 0.3) is 11.3 Å². The number of rotatable bonds is 4. The second-order valence-corrected chi connectivity index (χ2v) is 8.97. The van der Waals surface area contributed by atoms with Gasteiger partial charge in [0.2, 0.25) is 0 Å². The molecule has 0 aliphatic carbocycles. The fraction of sp³-hybridized carbons (Fsp3) is 0.0833. The molecule has 2 aromatic carbocycles. The first-order valence-corrected chi connectivity index (χ1v) is 11.4. The summed E-state index contributed by atoms with van der Waals surface area (Å²) in [6.07, 6.45) is 1.77. The number of hydrogen-bond donors (Lipinski definition) is 1. The highest BCUT2D eigenvalue weighted by molar-refractivity contribution is 7.80. The summed E-state index contributed by atoms with van der Waals surface area (Å²) in [6.45, 7) is 0. The van der Waals surface area contributed by atoms with Crippen LogP contribution in [0.15, 0.2) is 83.4 Å². The lowest BCUT2D eigenvalue weighted by atomic mass is 10.0. The largest absolute Gasteiger partial charge is 0.459 e. The molecule has 1 N–H and O–H groups in total. The molecule has 2 atom stereocenters. The molecule has 1 saturated heterocycles. The predicted molar refractivity (Wildman–Crippen MR) is 134 cm³/mol. The van der Waals surface area contributed by atoms with Crippen LogP contribution in [0.4, 0.5) is 5.69 Å². The highest BCUT2D eigenvalue weighted by atomic mass is 35.5. The molecule has 2 aromatic heterocycles. The number of benzene rings is 2. The zero-order valence-corrected chi connectivity index (χ0v) is 19.6. The first kappa shape index (κ1) is 21.3. The monoisotopic (exact) mass is 499 g/mol. The lowest BCUT2D eigenvalue weighted by Crippen LogP contribution is -2.29. The van der Waals surface area contributed by atoms with Gasteiger partial charge in [-0.05, 0) is 78.9 Å². The minimum atomic E-state index is -0.265. The summed E-state index contributed by atoms with van der Waals surface area (Å²) in [6, 6.07) is 22.1. The zero-order valence-electron chi connectivity index (χ0n) is 16.5. The maximum Gasteiger partial charge on any atom is 0.174 e. The highest BCUT2D eigenvalue weighted by Gasteiger charge is 2.42. The lowest BCUT2D eigenvalue weighted by molar-refractivity contribution is 0.439. The number of nitrogens with one attached hydrogen (secondary N) is 1. The molecular formula is C24H16Cl3N3OS. The van der Waals surface area contributed by atoms with Crippen molar-refractivity contribution in [3.8, 4) is 11.3 Å². The second-order valence-electron chi connectivity index (χ2n) is 7.30. The van der Waals surface area contributed by atoms with Crippen LogP contribution in [-0.4, -0.2) is 10.1 Å². The number of nitrogens with zero attached hydrogens (tertiary/aromatic N) is 2. The van der Waals surface area contributed by atoms with E-state index in [0.29, 0.717) is 25.9 Å². The Labute approximate surface area is 205 Å². The number of anilines is 1. The molecule has 8 heteroatoms. The summed E-state index contributed by atoms with van der Waals surface area (Å²) in [5.74, 6) is 1.37. The number of aromatic nitrogens is 1. The summed E-state index contributed by atoms with van der Waals surface area (Å²) < 4.78 is 6.33. The Morgan fingerprint density at radius 3 is 2.41 bits per heavy atom. The molecule has 0 unspecified atom stereocenters. The van der Waals surface area contributed by atoms with Crippen LogP contribution >= 0.6 is 47.0 Å². The van der Waals surface area contributed by atoms with Crippen LogP contribution in [0.5, 0.6) is 0 Å². The van der Waals surface area contributed by atoms with Gasteiger partial charge in [0.1, 0.15) is 17.6 Å². The summed E-state index contributed by atoms with van der Waals surface area (Å²) in [5.41, 5.74) is 2.53. The molecule has 5 rings (SSSR count). The predicted octanol–water partition coefficient (Wildman–Crippen LogP) is 7.48. The average molecular weight is 501 g/mol. The van der Waals surface area contributed by atoms with E-state index in [9.17, 15) is 0 Å². The molecule has 0 bridgehead atoms. The Bertz CT molecular complexity index is 1280. The molecule has 0 radical (unpaired) electrons. The minimum absolute atomic E-state index is 0.209. The molecule has 4 aromatic rings. The van der Waals surface area contributed by atoms with E-state index < -0.39 is 0 Å². The Morgan fingerprint density at radius 1 is 0.906 bits per heavy atom. The minimum Gasteiger partial charge on any atom is -0.459 e. The van der Waals surface area contributed by atoms with E-state index in [1.807, 2.05) is 65.6 Å². The number of furan rings is 1. The summed E-state index contributed by atoms with van der Waals surface area (Å²) in [7, 11) is 0. The van der Waals surface area contributed by atoms with Crippen molar-refractivity contribution in [2.75, 3.05) is 4.90 Å². The Hall–Kier alpha value is -2.57. The van der Waals surface area contributed by atoms with E-state index in [1.54, 1.807) is 18.3 Å². The van der Waals surface area contributed by atoms with Crippen LogP contribution in [-0.2, 0) is 0 Å². The van der Waals surface area contributed by atoms with Crippen LogP contribution in [0.3, 0.4) is 0 Å². The van der Waals surface area contributed by atoms with Gasteiger partial charge in [-0.2, -0.15) is 0 Å². The first-order chi connectivity index (χ1) is 15.5. The summed E-state index contributed by atoms with van der Waals surface area (Å²) >= 11 is 24.3.